The topological polar surface area (TPSA) is 90.4 Å². The number of hydrogen-bond acceptors (Lipinski definition) is 4. The number of methoxy groups -OCH3 is 1. The minimum absolute atomic E-state index is 0.109. The smallest absolute Gasteiger partial charge is 0.339 e. The van der Waals surface area contributed by atoms with Crippen molar-refractivity contribution in [3.63, 3.8) is 0 Å². The maximum absolute atomic E-state index is 11.1. The summed E-state index contributed by atoms with van der Waals surface area (Å²) in [6.45, 7) is 2.12. The fourth-order valence-electron chi connectivity index (χ4n) is 2.12. The molecule has 21 heavy (non-hydrogen) atoms. The number of unbranched alkanes of at least 4 members (excludes halogenated alkanes) is 1. The van der Waals surface area contributed by atoms with Crippen molar-refractivity contribution < 1.29 is 14.6 Å². The molecule has 0 amide bonds. The van der Waals surface area contributed by atoms with E-state index in [-0.39, 0.29) is 11.3 Å². The van der Waals surface area contributed by atoms with E-state index in [4.69, 9.17) is 15.6 Å². The van der Waals surface area contributed by atoms with Crippen LogP contribution in [-0.4, -0.2) is 28.0 Å². The Morgan fingerprint density at radius 2 is 2.19 bits per heavy atom. The zero-order chi connectivity index (χ0) is 15.4. The van der Waals surface area contributed by atoms with Gasteiger partial charge in [-0.15, -0.1) is 0 Å². The molecule has 0 bridgehead atoms. The molecule has 0 atom stereocenters. The van der Waals surface area contributed by atoms with Crippen molar-refractivity contribution in [2.45, 2.75) is 26.2 Å². The van der Waals surface area contributed by atoms with Gasteiger partial charge in [0, 0.05) is 12.1 Å². The van der Waals surface area contributed by atoms with E-state index >= 15 is 0 Å². The van der Waals surface area contributed by atoms with E-state index in [9.17, 15) is 4.79 Å². The van der Waals surface area contributed by atoms with Crippen molar-refractivity contribution in [1.82, 2.24) is 9.78 Å². The Kier molecular flexibility index (Phi) is 4.47. The van der Waals surface area contributed by atoms with Crippen LogP contribution in [0.15, 0.2) is 24.3 Å². The Balaban J connectivity index is 2.38. The predicted octanol–water partition coefficient (Wildman–Crippen LogP) is 2.50. The van der Waals surface area contributed by atoms with E-state index < -0.39 is 5.97 Å². The van der Waals surface area contributed by atoms with Gasteiger partial charge in [0.15, 0.2) is 0 Å². The highest BCUT2D eigenvalue weighted by Gasteiger charge is 2.14. The van der Waals surface area contributed by atoms with Gasteiger partial charge in [-0.1, -0.05) is 13.3 Å². The summed E-state index contributed by atoms with van der Waals surface area (Å²) in [5.41, 5.74) is 7.69. The number of carboxylic acids is 1. The fraction of sp³-hybridized carbons (Fsp3) is 0.333. The number of ether oxygens (including phenoxy) is 1. The number of benzene rings is 1. The maximum Gasteiger partial charge on any atom is 0.339 e. The summed E-state index contributed by atoms with van der Waals surface area (Å²) in [6.07, 6.45) is 3.02. The van der Waals surface area contributed by atoms with E-state index in [1.165, 1.54) is 13.2 Å². The molecule has 0 radical (unpaired) electrons. The molecule has 0 aliphatic rings. The second-order valence-electron chi connectivity index (χ2n) is 4.77. The first-order chi connectivity index (χ1) is 10.1. The van der Waals surface area contributed by atoms with Gasteiger partial charge < -0.3 is 15.6 Å². The number of aromatic carboxylic acids is 1. The van der Waals surface area contributed by atoms with Gasteiger partial charge in [-0.3, -0.25) is 0 Å². The molecule has 1 heterocycles. The summed E-state index contributed by atoms with van der Waals surface area (Å²) < 4.78 is 6.71. The van der Waals surface area contributed by atoms with E-state index in [0.29, 0.717) is 11.5 Å². The molecule has 112 valence electrons. The average Bonchev–Trinajstić information content (AvgIpc) is 2.85. The largest absolute Gasteiger partial charge is 0.496 e. The first-order valence-electron chi connectivity index (χ1n) is 6.83. The normalized spacial score (nSPS) is 10.6. The van der Waals surface area contributed by atoms with Crippen LogP contribution in [0.3, 0.4) is 0 Å². The summed E-state index contributed by atoms with van der Waals surface area (Å²) in [4.78, 5) is 11.1. The van der Waals surface area contributed by atoms with Crippen LogP contribution in [0.25, 0.3) is 5.69 Å². The third-order valence-electron chi connectivity index (χ3n) is 3.23. The molecular formula is C15H19N3O3. The minimum Gasteiger partial charge on any atom is -0.496 e. The fourth-order valence-corrected chi connectivity index (χ4v) is 2.12. The third-order valence-corrected chi connectivity index (χ3v) is 3.23. The zero-order valence-corrected chi connectivity index (χ0v) is 12.2. The van der Waals surface area contributed by atoms with E-state index in [1.807, 2.05) is 6.07 Å². The van der Waals surface area contributed by atoms with Crippen molar-refractivity contribution in [2.24, 2.45) is 0 Å². The van der Waals surface area contributed by atoms with Crippen molar-refractivity contribution in [1.29, 1.82) is 0 Å². The number of carbonyl (C=O) groups is 1. The molecule has 6 nitrogen and oxygen atoms in total. The Bertz CT molecular complexity index is 650. The first kappa shape index (κ1) is 14.9. The predicted molar refractivity (Wildman–Crippen MR) is 80.1 cm³/mol. The molecule has 6 heteroatoms. The SMILES string of the molecule is CCCCc1cc(N)n(-c2ccc(C(=O)O)c(OC)c2)n1. The number of nitrogen functional groups attached to an aromatic ring is 1. The lowest BCUT2D eigenvalue weighted by molar-refractivity contribution is 0.0693. The van der Waals surface area contributed by atoms with Crippen molar-refractivity contribution in [2.75, 3.05) is 12.8 Å². The third kappa shape index (κ3) is 3.16. The lowest BCUT2D eigenvalue weighted by atomic mass is 10.2. The molecule has 1 aromatic carbocycles. The van der Waals surface area contributed by atoms with E-state index in [1.54, 1.807) is 16.8 Å². The lowest BCUT2D eigenvalue weighted by Crippen LogP contribution is -2.05. The Hall–Kier alpha value is -2.50. The number of hydrogen-bond donors (Lipinski definition) is 2. The van der Waals surface area contributed by atoms with Gasteiger partial charge in [0.25, 0.3) is 0 Å². The molecule has 2 aromatic rings. The summed E-state index contributed by atoms with van der Waals surface area (Å²) in [5.74, 6) is -0.230. The average molecular weight is 289 g/mol. The second kappa shape index (κ2) is 6.30. The Morgan fingerprint density at radius 1 is 1.43 bits per heavy atom. The molecule has 0 aliphatic carbocycles. The summed E-state index contributed by atoms with van der Waals surface area (Å²) in [6, 6.07) is 6.62. The maximum atomic E-state index is 11.1. The first-order valence-corrected chi connectivity index (χ1v) is 6.83. The molecule has 0 saturated carbocycles. The van der Waals surface area contributed by atoms with Crippen LogP contribution in [0.4, 0.5) is 5.82 Å². The summed E-state index contributed by atoms with van der Waals surface area (Å²) >= 11 is 0. The number of rotatable bonds is 6. The quantitative estimate of drug-likeness (QED) is 0.852. The lowest BCUT2D eigenvalue weighted by Gasteiger charge is -2.09. The minimum atomic E-state index is -1.03. The molecule has 3 N–H and O–H groups in total. The van der Waals surface area contributed by atoms with Crippen molar-refractivity contribution in [3.8, 4) is 11.4 Å². The van der Waals surface area contributed by atoms with E-state index in [2.05, 4.69) is 12.0 Å². The number of nitrogens with two attached hydrogens (primary N) is 1. The number of carboxylic acid groups (broad SMARTS) is 1. The van der Waals surface area contributed by atoms with Gasteiger partial charge in [0.1, 0.15) is 17.1 Å². The van der Waals surface area contributed by atoms with Crippen molar-refractivity contribution in [3.05, 3.63) is 35.5 Å². The van der Waals surface area contributed by atoms with Gasteiger partial charge in [-0.25, -0.2) is 9.48 Å². The van der Waals surface area contributed by atoms with Crippen molar-refractivity contribution >= 4 is 11.8 Å². The molecule has 0 unspecified atom stereocenters. The monoisotopic (exact) mass is 289 g/mol. The highest BCUT2D eigenvalue weighted by atomic mass is 16.5. The van der Waals surface area contributed by atoms with Gasteiger partial charge >= 0.3 is 5.97 Å². The Morgan fingerprint density at radius 3 is 2.81 bits per heavy atom. The Labute approximate surface area is 123 Å². The zero-order valence-electron chi connectivity index (χ0n) is 12.2. The molecule has 0 saturated heterocycles. The van der Waals surface area contributed by atoms with Crippen LogP contribution in [0.2, 0.25) is 0 Å². The van der Waals surface area contributed by atoms with Gasteiger partial charge in [-0.05, 0) is 25.0 Å². The molecule has 0 aliphatic heterocycles. The molecular weight excluding hydrogens is 270 g/mol. The number of nitrogens with zero attached hydrogens (tertiary/aromatic N) is 2. The standard InChI is InChI=1S/C15H19N3O3/c1-3-4-5-10-8-14(16)18(17-10)11-6-7-12(15(19)20)13(9-11)21-2/h6-9H,3-5,16H2,1-2H3,(H,19,20). The highest BCUT2D eigenvalue weighted by molar-refractivity contribution is 5.91. The molecule has 0 spiro atoms. The number of anilines is 1. The van der Waals surface area contributed by atoms with Gasteiger partial charge in [-0.2, -0.15) is 5.10 Å². The van der Waals surface area contributed by atoms with Crippen LogP contribution in [0, 0.1) is 0 Å². The van der Waals surface area contributed by atoms with Crippen LogP contribution >= 0.6 is 0 Å². The van der Waals surface area contributed by atoms with E-state index in [0.717, 1.165) is 25.0 Å². The van der Waals surface area contributed by atoms with Crippen LogP contribution in [-0.2, 0) is 6.42 Å². The second-order valence-corrected chi connectivity index (χ2v) is 4.77. The van der Waals surface area contributed by atoms with Crippen LogP contribution in [0.1, 0.15) is 35.8 Å². The van der Waals surface area contributed by atoms with Crippen LogP contribution in [0.5, 0.6) is 5.75 Å². The molecule has 0 fully saturated rings. The molecule has 1 aromatic heterocycles. The van der Waals surface area contributed by atoms with Gasteiger partial charge in [0.2, 0.25) is 0 Å². The van der Waals surface area contributed by atoms with Crippen LogP contribution < -0.4 is 10.5 Å². The highest BCUT2D eigenvalue weighted by Crippen LogP contribution is 2.24. The summed E-state index contributed by atoms with van der Waals surface area (Å²) in [7, 11) is 1.44. The van der Waals surface area contributed by atoms with Gasteiger partial charge in [0.05, 0.1) is 18.5 Å². The molecule has 2 rings (SSSR count). The number of aromatic nitrogens is 2. The number of aryl methyl sites for hydroxylation is 1. The summed E-state index contributed by atoms with van der Waals surface area (Å²) in [5, 5.41) is 13.5.